The number of nitrogens with one attached hydrogen (secondary N) is 1. The van der Waals surface area contributed by atoms with E-state index in [1.807, 2.05) is 7.05 Å². The standard InChI is InChI=1S/C19H23NO2/c1-12-8-9-22-17-7-6-14-4-5-15(11-21)18(13(2)20-3)19(14)16(17)10-12/h6-7,11-12,20H,2,4-5,8-10H2,1,3H3. The number of allylic oxidation sites excluding steroid dienone is 2. The number of ether oxygens (including phenoxy) is 1. The van der Waals surface area contributed by atoms with Gasteiger partial charge in [-0.25, -0.2) is 0 Å². The number of rotatable bonds is 3. The van der Waals surface area contributed by atoms with Gasteiger partial charge in [0, 0.05) is 29.5 Å². The molecule has 1 unspecified atom stereocenters. The second kappa shape index (κ2) is 5.99. The molecule has 1 aliphatic heterocycles. The van der Waals surface area contributed by atoms with Crippen LogP contribution in [0.4, 0.5) is 0 Å². The fourth-order valence-electron chi connectivity index (χ4n) is 3.50. The highest BCUT2D eigenvalue weighted by atomic mass is 16.5. The molecule has 0 radical (unpaired) electrons. The molecule has 22 heavy (non-hydrogen) atoms. The second-order valence-corrected chi connectivity index (χ2v) is 6.27. The van der Waals surface area contributed by atoms with E-state index >= 15 is 0 Å². The topological polar surface area (TPSA) is 38.3 Å². The summed E-state index contributed by atoms with van der Waals surface area (Å²) in [7, 11) is 1.85. The zero-order valence-corrected chi connectivity index (χ0v) is 13.4. The van der Waals surface area contributed by atoms with Crippen LogP contribution in [0, 0.1) is 5.92 Å². The van der Waals surface area contributed by atoms with Gasteiger partial charge in [-0.15, -0.1) is 0 Å². The highest BCUT2D eigenvalue weighted by Crippen LogP contribution is 2.41. The summed E-state index contributed by atoms with van der Waals surface area (Å²) in [6.45, 7) is 7.14. The molecule has 116 valence electrons. The third kappa shape index (κ3) is 2.45. The van der Waals surface area contributed by atoms with E-state index in [2.05, 4.69) is 31.0 Å². The predicted molar refractivity (Wildman–Crippen MR) is 88.9 cm³/mol. The molecule has 1 aliphatic carbocycles. The van der Waals surface area contributed by atoms with Gasteiger partial charge >= 0.3 is 0 Å². The fraction of sp³-hybridized carbons (Fsp3) is 0.421. The Morgan fingerprint density at radius 3 is 2.95 bits per heavy atom. The fourth-order valence-corrected chi connectivity index (χ4v) is 3.50. The van der Waals surface area contributed by atoms with Crippen molar-refractivity contribution in [2.24, 2.45) is 5.92 Å². The van der Waals surface area contributed by atoms with Gasteiger partial charge in [-0.2, -0.15) is 0 Å². The van der Waals surface area contributed by atoms with Crippen LogP contribution in [0.5, 0.6) is 5.75 Å². The molecule has 1 aromatic rings. The van der Waals surface area contributed by atoms with Crippen LogP contribution in [0.1, 0.15) is 36.5 Å². The number of aryl methyl sites for hydroxylation is 1. The lowest BCUT2D eigenvalue weighted by Crippen LogP contribution is -2.16. The maximum atomic E-state index is 11.5. The predicted octanol–water partition coefficient (Wildman–Crippen LogP) is 3.28. The van der Waals surface area contributed by atoms with Crippen LogP contribution in [-0.4, -0.2) is 19.9 Å². The van der Waals surface area contributed by atoms with Crippen molar-refractivity contribution in [2.75, 3.05) is 13.7 Å². The van der Waals surface area contributed by atoms with Crippen molar-refractivity contribution in [3.05, 3.63) is 46.7 Å². The molecule has 0 amide bonds. The van der Waals surface area contributed by atoms with Gasteiger partial charge in [0.2, 0.25) is 0 Å². The minimum atomic E-state index is 0.582. The summed E-state index contributed by atoms with van der Waals surface area (Å²) in [5, 5.41) is 3.12. The third-order valence-corrected chi connectivity index (χ3v) is 4.76. The average molecular weight is 297 g/mol. The van der Waals surface area contributed by atoms with Gasteiger partial charge < -0.3 is 10.1 Å². The lowest BCUT2D eigenvalue weighted by atomic mass is 9.80. The van der Waals surface area contributed by atoms with Gasteiger partial charge in [-0.1, -0.05) is 19.6 Å². The van der Waals surface area contributed by atoms with E-state index in [0.29, 0.717) is 5.92 Å². The van der Waals surface area contributed by atoms with Crippen molar-refractivity contribution < 1.29 is 9.53 Å². The van der Waals surface area contributed by atoms with E-state index in [4.69, 9.17) is 4.74 Å². The lowest BCUT2D eigenvalue weighted by Gasteiger charge is -2.26. The number of likely N-dealkylation sites (N-methyl/N-ethyl adjacent to an activating group) is 1. The zero-order chi connectivity index (χ0) is 15.7. The Labute approximate surface area is 132 Å². The van der Waals surface area contributed by atoms with Crippen LogP contribution in [0.2, 0.25) is 0 Å². The summed E-state index contributed by atoms with van der Waals surface area (Å²) >= 11 is 0. The zero-order valence-electron chi connectivity index (χ0n) is 13.4. The smallest absolute Gasteiger partial charge is 0.146 e. The number of hydrogen-bond donors (Lipinski definition) is 1. The molecule has 1 atom stereocenters. The monoisotopic (exact) mass is 297 g/mol. The molecule has 0 saturated heterocycles. The first-order valence-electron chi connectivity index (χ1n) is 7.99. The summed E-state index contributed by atoms with van der Waals surface area (Å²) in [5.41, 5.74) is 6.36. The molecule has 0 fully saturated rings. The van der Waals surface area contributed by atoms with Crippen LogP contribution in [0.15, 0.2) is 30.0 Å². The van der Waals surface area contributed by atoms with Gasteiger partial charge in [0.15, 0.2) is 0 Å². The quantitative estimate of drug-likeness (QED) is 0.870. The molecule has 0 spiro atoms. The Morgan fingerprint density at radius 1 is 1.41 bits per heavy atom. The maximum absolute atomic E-state index is 11.5. The summed E-state index contributed by atoms with van der Waals surface area (Å²) in [6.07, 6.45) is 4.73. The molecule has 3 nitrogen and oxygen atoms in total. The average Bonchev–Trinajstić information content (AvgIpc) is 2.73. The van der Waals surface area contributed by atoms with E-state index in [9.17, 15) is 4.79 Å². The normalized spacial score (nSPS) is 20.4. The van der Waals surface area contributed by atoms with E-state index in [1.165, 1.54) is 16.7 Å². The molecule has 1 heterocycles. The van der Waals surface area contributed by atoms with E-state index in [0.717, 1.165) is 61.2 Å². The first-order valence-corrected chi connectivity index (χ1v) is 7.99. The summed E-state index contributed by atoms with van der Waals surface area (Å²) in [5.74, 6) is 1.55. The largest absolute Gasteiger partial charge is 0.493 e. The van der Waals surface area contributed by atoms with Crippen LogP contribution in [-0.2, 0) is 17.6 Å². The second-order valence-electron chi connectivity index (χ2n) is 6.27. The molecular formula is C19H23NO2. The highest BCUT2D eigenvalue weighted by molar-refractivity contribution is 5.97. The molecular weight excluding hydrogens is 274 g/mol. The van der Waals surface area contributed by atoms with Crippen LogP contribution in [0.25, 0.3) is 5.57 Å². The minimum Gasteiger partial charge on any atom is -0.493 e. The summed E-state index contributed by atoms with van der Waals surface area (Å²) in [6, 6.07) is 4.24. The number of hydrogen-bond acceptors (Lipinski definition) is 3. The van der Waals surface area contributed by atoms with Crippen LogP contribution in [0.3, 0.4) is 0 Å². The van der Waals surface area contributed by atoms with Crippen LogP contribution >= 0.6 is 0 Å². The molecule has 3 heteroatoms. The number of aldehydes is 1. The van der Waals surface area contributed by atoms with Crippen molar-refractivity contribution in [3.63, 3.8) is 0 Å². The van der Waals surface area contributed by atoms with E-state index in [1.54, 1.807) is 0 Å². The van der Waals surface area contributed by atoms with Crippen molar-refractivity contribution >= 4 is 11.9 Å². The van der Waals surface area contributed by atoms with Crippen molar-refractivity contribution in [2.45, 2.75) is 32.6 Å². The number of fused-ring (bicyclic) bond motifs is 3. The molecule has 0 saturated carbocycles. The summed E-state index contributed by atoms with van der Waals surface area (Å²) in [4.78, 5) is 11.5. The molecule has 3 rings (SSSR count). The van der Waals surface area contributed by atoms with Gasteiger partial charge in [0.1, 0.15) is 12.0 Å². The van der Waals surface area contributed by atoms with Crippen molar-refractivity contribution in [3.8, 4) is 5.75 Å². The maximum Gasteiger partial charge on any atom is 0.146 e. The van der Waals surface area contributed by atoms with Gasteiger partial charge in [-0.05, 0) is 48.8 Å². The molecule has 1 N–H and O–H groups in total. The van der Waals surface area contributed by atoms with Gasteiger partial charge in [-0.3, -0.25) is 4.79 Å². The molecule has 0 aromatic heterocycles. The summed E-state index contributed by atoms with van der Waals surface area (Å²) < 4.78 is 5.95. The Hall–Kier alpha value is -2.03. The number of carbonyl (C=O) groups is 1. The third-order valence-electron chi connectivity index (χ3n) is 4.76. The molecule has 2 aliphatic rings. The Morgan fingerprint density at radius 2 is 2.23 bits per heavy atom. The van der Waals surface area contributed by atoms with Crippen LogP contribution < -0.4 is 10.1 Å². The highest BCUT2D eigenvalue weighted by Gasteiger charge is 2.27. The number of carbonyl (C=O) groups excluding carboxylic acids is 1. The first-order chi connectivity index (χ1) is 10.7. The first kappa shape index (κ1) is 14.9. The Kier molecular flexibility index (Phi) is 4.06. The van der Waals surface area contributed by atoms with Crippen molar-refractivity contribution in [1.82, 2.24) is 5.32 Å². The van der Waals surface area contributed by atoms with E-state index < -0.39 is 0 Å². The van der Waals surface area contributed by atoms with Gasteiger partial charge in [0.25, 0.3) is 0 Å². The Bertz CT molecular complexity index is 658. The molecule has 0 bridgehead atoms. The van der Waals surface area contributed by atoms with Gasteiger partial charge in [0.05, 0.1) is 6.61 Å². The van der Waals surface area contributed by atoms with Crippen molar-refractivity contribution in [1.29, 1.82) is 0 Å². The molecule has 1 aromatic carbocycles. The van der Waals surface area contributed by atoms with E-state index in [-0.39, 0.29) is 0 Å². The SMILES string of the molecule is C=C(NC)C1=C(C=O)CCc2ccc3c(c21)CC(C)CCO3. The number of benzene rings is 1. The lowest BCUT2D eigenvalue weighted by molar-refractivity contribution is -0.105. The Balaban J connectivity index is 2.24. The minimum absolute atomic E-state index is 0.582.